The molecule has 0 bridgehead atoms. The lowest BCUT2D eigenvalue weighted by Crippen LogP contribution is -2.39. The second-order valence-electron chi connectivity index (χ2n) is 5.85. The van der Waals surface area contributed by atoms with Crippen LogP contribution in [0.2, 0.25) is 0 Å². The minimum absolute atomic E-state index is 0.379. The van der Waals surface area contributed by atoms with Crippen LogP contribution >= 0.6 is 0 Å². The van der Waals surface area contributed by atoms with Crippen LogP contribution in [0.5, 0.6) is 0 Å². The Bertz CT molecular complexity index is 459. The van der Waals surface area contributed by atoms with Gasteiger partial charge in [0, 0.05) is 47.0 Å². The summed E-state index contributed by atoms with van der Waals surface area (Å²) >= 11 is 0. The molecule has 0 radical (unpaired) electrons. The van der Waals surface area contributed by atoms with Crippen molar-refractivity contribution in [3.05, 3.63) is 35.9 Å². The molecule has 0 saturated carbocycles. The first-order valence-corrected chi connectivity index (χ1v) is 8.44. The molecule has 1 aromatic carbocycles. The largest absolute Gasteiger partial charge is 0.381 e. The highest BCUT2D eigenvalue weighted by atomic mass is 16.5. The third-order valence-corrected chi connectivity index (χ3v) is 3.96. The summed E-state index contributed by atoms with van der Waals surface area (Å²) in [6.45, 7) is 4.17. The summed E-state index contributed by atoms with van der Waals surface area (Å²) in [5, 5.41) is 3.40. The number of ether oxygens (including phenoxy) is 2. The Hall–Kier alpha value is -1.59. The molecule has 1 saturated heterocycles. The molecular formula is C18H29N3O2. The van der Waals surface area contributed by atoms with Crippen LogP contribution in [0.15, 0.2) is 35.3 Å². The van der Waals surface area contributed by atoms with Crippen molar-refractivity contribution in [2.24, 2.45) is 4.99 Å². The maximum Gasteiger partial charge on any atom is 0.193 e. The van der Waals surface area contributed by atoms with Gasteiger partial charge in [-0.1, -0.05) is 30.3 Å². The quantitative estimate of drug-likeness (QED) is 0.476. The number of hydrogen-bond acceptors (Lipinski definition) is 3. The van der Waals surface area contributed by atoms with E-state index in [9.17, 15) is 0 Å². The van der Waals surface area contributed by atoms with Crippen molar-refractivity contribution >= 4 is 5.96 Å². The molecule has 128 valence electrons. The normalized spacial score (nSPS) is 16.3. The highest BCUT2D eigenvalue weighted by Gasteiger charge is 2.13. The van der Waals surface area contributed by atoms with Crippen LogP contribution in [0, 0.1) is 0 Å². The van der Waals surface area contributed by atoms with Gasteiger partial charge in [0.2, 0.25) is 0 Å². The Morgan fingerprint density at radius 1 is 1.30 bits per heavy atom. The third-order valence-electron chi connectivity index (χ3n) is 3.96. The van der Waals surface area contributed by atoms with Gasteiger partial charge in [-0.3, -0.25) is 4.99 Å². The Morgan fingerprint density at radius 3 is 2.74 bits per heavy atom. The van der Waals surface area contributed by atoms with Gasteiger partial charge in [0.15, 0.2) is 5.96 Å². The molecule has 2 rings (SSSR count). The summed E-state index contributed by atoms with van der Waals surface area (Å²) in [5.41, 5.74) is 1.28. The van der Waals surface area contributed by atoms with Crippen LogP contribution in [-0.2, 0) is 16.0 Å². The molecule has 1 fully saturated rings. The topological polar surface area (TPSA) is 46.1 Å². The molecule has 0 aliphatic carbocycles. The second-order valence-corrected chi connectivity index (χ2v) is 5.85. The monoisotopic (exact) mass is 319 g/mol. The predicted molar refractivity (Wildman–Crippen MR) is 93.7 cm³/mol. The third kappa shape index (κ3) is 6.59. The Balaban J connectivity index is 1.62. The molecule has 1 N–H and O–H groups in total. The molecule has 23 heavy (non-hydrogen) atoms. The van der Waals surface area contributed by atoms with Crippen molar-refractivity contribution in [2.75, 3.05) is 40.5 Å². The van der Waals surface area contributed by atoms with Crippen molar-refractivity contribution in [1.29, 1.82) is 0 Å². The summed E-state index contributed by atoms with van der Waals surface area (Å²) in [4.78, 5) is 6.48. The van der Waals surface area contributed by atoms with Crippen LogP contribution in [0.25, 0.3) is 0 Å². The Morgan fingerprint density at radius 2 is 2.04 bits per heavy atom. The summed E-state index contributed by atoms with van der Waals surface area (Å²) in [7, 11) is 3.88. The van der Waals surface area contributed by atoms with Crippen molar-refractivity contribution in [1.82, 2.24) is 10.2 Å². The summed E-state index contributed by atoms with van der Waals surface area (Å²) in [6, 6.07) is 10.4. The Kier molecular flexibility index (Phi) is 7.90. The molecule has 0 aromatic heterocycles. The predicted octanol–water partition coefficient (Wildman–Crippen LogP) is 2.28. The minimum Gasteiger partial charge on any atom is -0.381 e. The van der Waals surface area contributed by atoms with Crippen LogP contribution < -0.4 is 5.32 Å². The first-order valence-electron chi connectivity index (χ1n) is 8.44. The van der Waals surface area contributed by atoms with Gasteiger partial charge in [-0.15, -0.1) is 0 Å². The van der Waals surface area contributed by atoms with Gasteiger partial charge in [-0.25, -0.2) is 0 Å². The lowest BCUT2D eigenvalue weighted by Gasteiger charge is -2.23. The second kappa shape index (κ2) is 10.2. The number of hydrogen-bond donors (Lipinski definition) is 1. The van der Waals surface area contributed by atoms with Crippen molar-refractivity contribution in [2.45, 2.75) is 31.9 Å². The molecule has 1 heterocycles. The standard InChI is InChI=1S/C18H29N3O2/c1-19-18(21(2)15-16-7-4-3-5-8-16)20-11-6-12-23-17-9-13-22-14-10-17/h3-5,7-8,17H,6,9-15H2,1-2H3,(H,19,20). The molecule has 0 atom stereocenters. The van der Waals surface area contributed by atoms with E-state index >= 15 is 0 Å². The molecule has 0 spiro atoms. The molecule has 5 nitrogen and oxygen atoms in total. The fraction of sp³-hybridized carbons (Fsp3) is 0.611. The zero-order valence-electron chi connectivity index (χ0n) is 14.3. The fourth-order valence-electron chi connectivity index (χ4n) is 2.68. The van der Waals surface area contributed by atoms with Crippen molar-refractivity contribution in [3.63, 3.8) is 0 Å². The van der Waals surface area contributed by atoms with Crippen LogP contribution in [0.4, 0.5) is 0 Å². The van der Waals surface area contributed by atoms with Gasteiger partial charge in [0.25, 0.3) is 0 Å². The lowest BCUT2D eigenvalue weighted by atomic mass is 10.1. The zero-order chi connectivity index (χ0) is 16.3. The van der Waals surface area contributed by atoms with Gasteiger partial charge < -0.3 is 19.7 Å². The number of rotatable bonds is 7. The number of aliphatic imine (C=N–C) groups is 1. The summed E-state index contributed by atoms with van der Waals surface area (Å²) < 4.78 is 11.2. The molecule has 0 unspecified atom stereocenters. The average Bonchev–Trinajstić information content (AvgIpc) is 2.60. The van der Waals surface area contributed by atoms with E-state index in [4.69, 9.17) is 9.47 Å². The SMILES string of the molecule is CN=C(NCCCOC1CCOCC1)N(C)Cc1ccccc1. The molecule has 1 aromatic rings. The highest BCUT2D eigenvalue weighted by molar-refractivity contribution is 5.79. The van der Waals surface area contributed by atoms with E-state index < -0.39 is 0 Å². The van der Waals surface area contributed by atoms with E-state index in [2.05, 4.69) is 46.5 Å². The van der Waals surface area contributed by atoms with Gasteiger partial charge in [-0.2, -0.15) is 0 Å². The van der Waals surface area contributed by atoms with Gasteiger partial charge in [0.05, 0.1) is 6.10 Å². The first kappa shape index (κ1) is 17.8. The number of benzene rings is 1. The van der Waals surface area contributed by atoms with E-state index in [0.29, 0.717) is 6.10 Å². The molecular weight excluding hydrogens is 290 g/mol. The first-order chi connectivity index (χ1) is 11.3. The van der Waals surface area contributed by atoms with E-state index in [1.807, 2.05) is 13.1 Å². The van der Waals surface area contributed by atoms with E-state index in [1.54, 1.807) is 0 Å². The molecule has 1 aliphatic rings. The minimum atomic E-state index is 0.379. The molecule has 1 aliphatic heterocycles. The highest BCUT2D eigenvalue weighted by Crippen LogP contribution is 2.10. The van der Waals surface area contributed by atoms with E-state index in [1.165, 1.54) is 5.56 Å². The Labute approximate surface area is 139 Å². The lowest BCUT2D eigenvalue weighted by molar-refractivity contribution is -0.0320. The zero-order valence-corrected chi connectivity index (χ0v) is 14.3. The van der Waals surface area contributed by atoms with Crippen LogP contribution in [-0.4, -0.2) is 57.4 Å². The van der Waals surface area contributed by atoms with Gasteiger partial charge in [0.1, 0.15) is 0 Å². The van der Waals surface area contributed by atoms with Crippen LogP contribution in [0.3, 0.4) is 0 Å². The average molecular weight is 319 g/mol. The van der Waals surface area contributed by atoms with Gasteiger partial charge >= 0.3 is 0 Å². The number of guanidine groups is 1. The summed E-state index contributed by atoms with van der Waals surface area (Å²) in [5.74, 6) is 0.917. The maximum atomic E-state index is 5.88. The number of nitrogens with one attached hydrogen (secondary N) is 1. The molecule has 0 amide bonds. The van der Waals surface area contributed by atoms with Crippen LogP contribution in [0.1, 0.15) is 24.8 Å². The summed E-state index contributed by atoms with van der Waals surface area (Å²) in [6.07, 6.45) is 3.41. The smallest absolute Gasteiger partial charge is 0.193 e. The van der Waals surface area contributed by atoms with Crippen molar-refractivity contribution < 1.29 is 9.47 Å². The number of nitrogens with zero attached hydrogens (tertiary/aromatic N) is 2. The van der Waals surface area contributed by atoms with E-state index in [0.717, 1.165) is 58.1 Å². The maximum absolute atomic E-state index is 5.88. The molecule has 5 heteroatoms. The fourth-order valence-corrected chi connectivity index (χ4v) is 2.68. The van der Waals surface area contributed by atoms with Gasteiger partial charge in [-0.05, 0) is 24.8 Å². The van der Waals surface area contributed by atoms with Crippen molar-refractivity contribution in [3.8, 4) is 0 Å². The van der Waals surface area contributed by atoms with E-state index in [-0.39, 0.29) is 0 Å².